The highest BCUT2D eigenvalue weighted by atomic mass is 32.1. The minimum Gasteiger partial charge on any atom is -0.493 e. The minimum atomic E-state index is -0.161. The molecule has 1 aromatic carbocycles. The van der Waals surface area contributed by atoms with Crippen molar-refractivity contribution in [1.82, 2.24) is 15.6 Å². The second-order valence-corrected chi connectivity index (χ2v) is 7.66. The molecule has 0 radical (unpaired) electrons. The van der Waals surface area contributed by atoms with Gasteiger partial charge in [0.25, 0.3) is 5.91 Å². The molecular weight excluding hydrogens is 402 g/mol. The van der Waals surface area contributed by atoms with Crippen LogP contribution in [-0.2, 0) is 24.5 Å². The summed E-state index contributed by atoms with van der Waals surface area (Å²) in [6, 6.07) is 12.9. The maximum absolute atomic E-state index is 12.4. The molecule has 0 fully saturated rings. The fourth-order valence-electron chi connectivity index (χ4n) is 2.66. The zero-order valence-corrected chi connectivity index (χ0v) is 17.6. The molecule has 3 rings (SSSR count). The van der Waals surface area contributed by atoms with Crippen molar-refractivity contribution in [3.63, 3.8) is 0 Å². The van der Waals surface area contributed by atoms with Crippen LogP contribution in [0.25, 0.3) is 0 Å². The van der Waals surface area contributed by atoms with Gasteiger partial charge in [0, 0.05) is 30.7 Å². The van der Waals surface area contributed by atoms with Gasteiger partial charge in [-0.25, -0.2) is 0 Å². The van der Waals surface area contributed by atoms with Crippen LogP contribution >= 0.6 is 11.3 Å². The first-order valence-corrected chi connectivity index (χ1v) is 10.2. The Morgan fingerprint density at radius 1 is 0.967 bits per heavy atom. The first-order chi connectivity index (χ1) is 14.5. The highest BCUT2D eigenvalue weighted by Gasteiger charge is 2.11. The average molecular weight is 426 g/mol. The van der Waals surface area contributed by atoms with Crippen molar-refractivity contribution in [2.24, 2.45) is 0 Å². The Bertz CT molecular complexity index is 1000. The average Bonchev–Trinajstić information content (AvgIpc) is 3.25. The lowest BCUT2D eigenvalue weighted by molar-refractivity contribution is -0.119. The maximum atomic E-state index is 12.4. The van der Waals surface area contributed by atoms with Gasteiger partial charge in [0.15, 0.2) is 11.5 Å². The van der Waals surface area contributed by atoms with Gasteiger partial charge in [-0.05, 0) is 47.5 Å². The number of ether oxygens (including phenoxy) is 2. The molecule has 0 aliphatic rings. The Labute approximate surface area is 179 Å². The monoisotopic (exact) mass is 425 g/mol. The van der Waals surface area contributed by atoms with E-state index in [1.807, 2.05) is 36.4 Å². The van der Waals surface area contributed by atoms with Gasteiger partial charge in [0.2, 0.25) is 5.91 Å². The summed E-state index contributed by atoms with van der Waals surface area (Å²) in [4.78, 5) is 28.9. The number of carbonyl (C=O) groups excluding carboxylic acids is 2. The van der Waals surface area contributed by atoms with Crippen molar-refractivity contribution < 1.29 is 19.1 Å². The largest absolute Gasteiger partial charge is 0.493 e. The Morgan fingerprint density at radius 3 is 2.50 bits per heavy atom. The third-order valence-electron chi connectivity index (χ3n) is 4.22. The number of hydrogen-bond donors (Lipinski definition) is 2. The van der Waals surface area contributed by atoms with Gasteiger partial charge in [-0.15, -0.1) is 11.3 Å². The minimum absolute atomic E-state index is 0.100. The highest BCUT2D eigenvalue weighted by Crippen LogP contribution is 2.29. The topological polar surface area (TPSA) is 89.6 Å². The molecule has 0 unspecified atom stereocenters. The number of nitrogens with zero attached hydrogens (tertiary/aromatic N) is 1. The Hall–Kier alpha value is -3.39. The van der Waals surface area contributed by atoms with E-state index in [9.17, 15) is 9.59 Å². The van der Waals surface area contributed by atoms with E-state index in [2.05, 4.69) is 15.6 Å². The van der Waals surface area contributed by atoms with E-state index in [0.717, 1.165) is 16.0 Å². The van der Waals surface area contributed by atoms with Crippen molar-refractivity contribution >= 4 is 23.2 Å². The summed E-state index contributed by atoms with van der Waals surface area (Å²) < 4.78 is 11.3. The van der Waals surface area contributed by atoms with Gasteiger partial charge in [0.05, 0.1) is 18.5 Å². The summed E-state index contributed by atoms with van der Waals surface area (Å²) in [5.74, 6) is 0.970. The number of hydrogen-bond acceptors (Lipinski definition) is 6. The molecule has 0 bridgehead atoms. The lowest BCUT2D eigenvalue weighted by atomic mass is 10.2. The molecule has 30 heavy (non-hydrogen) atoms. The number of nitrogens with one attached hydrogen (secondary N) is 2. The lowest BCUT2D eigenvalue weighted by Crippen LogP contribution is -2.21. The standard InChI is InChI=1S/C22H23N3O4S/c1-15(26)24-13-18-4-6-21(30-18)22(27)25-12-17-3-5-19(20(11-17)28-2)29-14-16-7-9-23-10-8-16/h3-11H,12-14H2,1-2H3,(H,24,26)(H,25,27). The molecule has 2 N–H and O–H groups in total. The predicted octanol–water partition coefficient (Wildman–Crippen LogP) is 3.30. The zero-order valence-electron chi connectivity index (χ0n) is 16.8. The van der Waals surface area contributed by atoms with Crippen molar-refractivity contribution in [2.75, 3.05) is 7.11 Å². The van der Waals surface area contributed by atoms with E-state index in [1.54, 1.807) is 25.6 Å². The molecule has 7 nitrogen and oxygen atoms in total. The van der Waals surface area contributed by atoms with Crippen LogP contribution in [0.2, 0.25) is 0 Å². The first-order valence-electron chi connectivity index (χ1n) is 9.35. The lowest BCUT2D eigenvalue weighted by Gasteiger charge is -2.12. The molecule has 2 aromatic heterocycles. The quantitative estimate of drug-likeness (QED) is 0.549. The Kier molecular flexibility index (Phi) is 7.40. The Morgan fingerprint density at radius 2 is 1.77 bits per heavy atom. The third-order valence-corrected chi connectivity index (χ3v) is 5.31. The van der Waals surface area contributed by atoms with Gasteiger partial charge in [0.1, 0.15) is 6.61 Å². The highest BCUT2D eigenvalue weighted by molar-refractivity contribution is 7.14. The number of methoxy groups -OCH3 is 1. The number of carbonyl (C=O) groups is 2. The van der Waals surface area contributed by atoms with E-state index >= 15 is 0 Å². The molecule has 8 heteroatoms. The Balaban J connectivity index is 1.56. The molecule has 0 spiro atoms. The van der Waals surface area contributed by atoms with E-state index < -0.39 is 0 Å². The molecule has 2 amide bonds. The molecule has 156 valence electrons. The predicted molar refractivity (Wildman–Crippen MR) is 115 cm³/mol. The summed E-state index contributed by atoms with van der Waals surface area (Å²) in [6.45, 7) is 2.66. The fourth-order valence-corrected chi connectivity index (χ4v) is 3.52. The molecule has 2 heterocycles. The number of rotatable bonds is 9. The number of amides is 2. The summed E-state index contributed by atoms with van der Waals surface area (Å²) in [7, 11) is 1.58. The van der Waals surface area contributed by atoms with Crippen LogP contribution in [0, 0.1) is 0 Å². The van der Waals surface area contributed by atoms with Crippen LogP contribution in [0.4, 0.5) is 0 Å². The van der Waals surface area contributed by atoms with Crippen LogP contribution in [-0.4, -0.2) is 23.9 Å². The van der Waals surface area contributed by atoms with E-state index in [-0.39, 0.29) is 11.8 Å². The molecular formula is C22H23N3O4S. The van der Waals surface area contributed by atoms with Gasteiger partial charge in [-0.2, -0.15) is 0 Å². The summed E-state index contributed by atoms with van der Waals surface area (Å²) >= 11 is 1.36. The zero-order chi connectivity index (χ0) is 21.3. The van der Waals surface area contributed by atoms with Crippen LogP contribution < -0.4 is 20.1 Å². The second-order valence-electron chi connectivity index (χ2n) is 6.49. The van der Waals surface area contributed by atoms with Crippen molar-refractivity contribution in [3.05, 3.63) is 75.7 Å². The van der Waals surface area contributed by atoms with Gasteiger partial charge >= 0.3 is 0 Å². The van der Waals surface area contributed by atoms with Gasteiger partial charge < -0.3 is 20.1 Å². The summed E-state index contributed by atoms with van der Waals surface area (Å²) in [6.07, 6.45) is 3.44. The number of aromatic nitrogens is 1. The second kappa shape index (κ2) is 10.4. The number of thiophene rings is 1. The number of pyridine rings is 1. The summed E-state index contributed by atoms with van der Waals surface area (Å²) in [5, 5.41) is 5.62. The first kappa shape index (κ1) is 21.3. The molecule has 0 aliphatic carbocycles. The molecule has 0 atom stereocenters. The third kappa shape index (κ3) is 6.05. The smallest absolute Gasteiger partial charge is 0.261 e. The van der Waals surface area contributed by atoms with Crippen LogP contribution in [0.1, 0.15) is 32.6 Å². The van der Waals surface area contributed by atoms with Crippen LogP contribution in [0.5, 0.6) is 11.5 Å². The van der Waals surface area contributed by atoms with Crippen molar-refractivity contribution in [2.45, 2.75) is 26.6 Å². The van der Waals surface area contributed by atoms with E-state index in [1.165, 1.54) is 18.3 Å². The SMILES string of the molecule is COc1cc(CNC(=O)c2ccc(CNC(C)=O)s2)ccc1OCc1ccncc1. The van der Waals surface area contributed by atoms with E-state index in [0.29, 0.717) is 36.1 Å². The van der Waals surface area contributed by atoms with Crippen LogP contribution in [0.15, 0.2) is 54.9 Å². The van der Waals surface area contributed by atoms with Crippen LogP contribution in [0.3, 0.4) is 0 Å². The molecule has 3 aromatic rings. The van der Waals surface area contributed by atoms with Crippen molar-refractivity contribution in [1.29, 1.82) is 0 Å². The number of benzene rings is 1. The normalized spacial score (nSPS) is 10.3. The summed E-state index contributed by atoms with van der Waals surface area (Å²) in [5.41, 5.74) is 1.91. The van der Waals surface area contributed by atoms with Crippen molar-refractivity contribution in [3.8, 4) is 11.5 Å². The molecule has 0 aliphatic heterocycles. The van der Waals surface area contributed by atoms with Gasteiger partial charge in [-0.3, -0.25) is 14.6 Å². The van der Waals surface area contributed by atoms with Gasteiger partial charge in [-0.1, -0.05) is 6.07 Å². The molecule has 0 saturated carbocycles. The fraction of sp³-hybridized carbons (Fsp3) is 0.227. The molecule has 0 saturated heterocycles. The maximum Gasteiger partial charge on any atom is 0.261 e. The van der Waals surface area contributed by atoms with E-state index in [4.69, 9.17) is 9.47 Å².